The Labute approximate surface area is 98.1 Å². The summed E-state index contributed by atoms with van der Waals surface area (Å²) in [5.41, 5.74) is 0. The van der Waals surface area contributed by atoms with Crippen molar-refractivity contribution in [3.05, 3.63) is 52.7 Å². The lowest BCUT2D eigenvalue weighted by Crippen LogP contribution is -1.96. The first kappa shape index (κ1) is 11.0. The third-order valence-corrected chi connectivity index (χ3v) is 3.96. The van der Waals surface area contributed by atoms with Crippen LogP contribution in [0.25, 0.3) is 0 Å². The molecule has 0 bridgehead atoms. The summed E-state index contributed by atoms with van der Waals surface area (Å²) in [7, 11) is -3.56. The molecule has 0 aliphatic rings. The molecule has 0 saturated heterocycles. The molecule has 2 rings (SSSR count). The monoisotopic (exact) mass is 251 g/mol. The van der Waals surface area contributed by atoms with Crippen molar-refractivity contribution in [2.45, 2.75) is 4.90 Å². The highest BCUT2D eigenvalue weighted by atomic mass is 32.2. The van der Waals surface area contributed by atoms with E-state index in [0.717, 1.165) is 4.88 Å². The van der Waals surface area contributed by atoms with Gasteiger partial charge in [0.25, 0.3) is 10.0 Å². The molecule has 3 nitrogen and oxygen atoms in total. The number of benzene rings is 1. The average Bonchev–Trinajstić information content (AvgIpc) is 2.81. The van der Waals surface area contributed by atoms with E-state index in [2.05, 4.69) is 4.40 Å². The summed E-state index contributed by atoms with van der Waals surface area (Å²) in [6.07, 6.45) is 1.37. The van der Waals surface area contributed by atoms with E-state index in [9.17, 15) is 8.42 Å². The fraction of sp³-hybridized carbons (Fsp3) is 0. The lowest BCUT2D eigenvalue weighted by molar-refractivity contribution is 0.598. The Morgan fingerprint density at radius 3 is 2.44 bits per heavy atom. The Balaban J connectivity index is 2.28. The van der Waals surface area contributed by atoms with E-state index >= 15 is 0 Å². The van der Waals surface area contributed by atoms with Crippen molar-refractivity contribution in [1.82, 2.24) is 0 Å². The average molecular weight is 251 g/mol. The minimum atomic E-state index is -3.56. The first-order chi connectivity index (χ1) is 7.68. The normalized spacial score (nSPS) is 12.0. The number of hydrogen-bond donors (Lipinski definition) is 0. The molecule has 0 amide bonds. The largest absolute Gasteiger partial charge is 0.282 e. The van der Waals surface area contributed by atoms with Gasteiger partial charge in [0.05, 0.1) is 11.1 Å². The van der Waals surface area contributed by atoms with Gasteiger partial charge >= 0.3 is 0 Å². The van der Waals surface area contributed by atoms with E-state index in [1.165, 1.54) is 29.7 Å². The van der Waals surface area contributed by atoms with Gasteiger partial charge in [0, 0.05) is 4.88 Å². The molecule has 5 heteroatoms. The minimum Gasteiger partial charge on any atom is -0.199 e. The maximum Gasteiger partial charge on any atom is 0.282 e. The molecule has 0 aliphatic carbocycles. The Kier molecular flexibility index (Phi) is 3.17. The van der Waals surface area contributed by atoms with Crippen LogP contribution in [-0.2, 0) is 10.0 Å². The molecule has 1 heterocycles. The molecule has 0 saturated carbocycles. The fourth-order valence-electron chi connectivity index (χ4n) is 1.14. The zero-order valence-corrected chi connectivity index (χ0v) is 9.91. The van der Waals surface area contributed by atoms with Gasteiger partial charge in [0.15, 0.2) is 0 Å². The Bertz CT molecular complexity index is 572. The summed E-state index contributed by atoms with van der Waals surface area (Å²) in [6.45, 7) is 0. The van der Waals surface area contributed by atoms with Crippen LogP contribution in [0, 0.1) is 0 Å². The molecule has 2 aromatic rings. The molecule has 0 N–H and O–H groups in total. The lowest BCUT2D eigenvalue weighted by Gasteiger charge is -1.96. The lowest BCUT2D eigenvalue weighted by atomic mass is 10.4. The van der Waals surface area contributed by atoms with E-state index in [1.807, 2.05) is 17.5 Å². The van der Waals surface area contributed by atoms with E-state index in [4.69, 9.17) is 0 Å². The second kappa shape index (κ2) is 4.59. The van der Waals surface area contributed by atoms with Gasteiger partial charge in [-0.15, -0.1) is 11.3 Å². The van der Waals surface area contributed by atoms with Gasteiger partial charge in [-0.25, -0.2) is 0 Å². The molecular formula is C11H9NO2S2. The number of sulfonamides is 1. The second-order valence-electron chi connectivity index (χ2n) is 3.04. The van der Waals surface area contributed by atoms with Crippen LogP contribution in [0.15, 0.2) is 57.1 Å². The van der Waals surface area contributed by atoms with Crippen LogP contribution in [0.3, 0.4) is 0 Å². The number of hydrogen-bond acceptors (Lipinski definition) is 3. The highest BCUT2D eigenvalue weighted by Crippen LogP contribution is 2.12. The van der Waals surface area contributed by atoms with E-state index in [0.29, 0.717) is 0 Å². The molecule has 1 aromatic carbocycles. The van der Waals surface area contributed by atoms with Crippen LogP contribution >= 0.6 is 11.3 Å². The van der Waals surface area contributed by atoms with Crippen molar-refractivity contribution in [2.75, 3.05) is 0 Å². The van der Waals surface area contributed by atoms with Gasteiger partial charge in [0.1, 0.15) is 0 Å². The Morgan fingerprint density at radius 1 is 1.06 bits per heavy atom. The smallest absolute Gasteiger partial charge is 0.199 e. The van der Waals surface area contributed by atoms with Crippen molar-refractivity contribution >= 4 is 27.6 Å². The van der Waals surface area contributed by atoms with E-state index < -0.39 is 10.0 Å². The molecular weight excluding hydrogens is 242 g/mol. The molecule has 0 fully saturated rings. The van der Waals surface area contributed by atoms with Crippen molar-refractivity contribution in [3.8, 4) is 0 Å². The first-order valence-corrected chi connectivity index (χ1v) is 6.89. The second-order valence-corrected chi connectivity index (χ2v) is 5.65. The zero-order valence-electron chi connectivity index (χ0n) is 8.28. The van der Waals surface area contributed by atoms with Crippen LogP contribution in [0.5, 0.6) is 0 Å². The Hall–Kier alpha value is -1.46. The van der Waals surface area contributed by atoms with Crippen molar-refractivity contribution in [3.63, 3.8) is 0 Å². The molecule has 0 atom stereocenters. The zero-order chi connectivity index (χ0) is 11.4. The van der Waals surface area contributed by atoms with Gasteiger partial charge in [-0.1, -0.05) is 24.3 Å². The van der Waals surface area contributed by atoms with Crippen molar-refractivity contribution < 1.29 is 8.42 Å². The van der Waals surface area contributed by atoms with Crippen LogP contribution in [-0.4, -0.2) is 14.6 Å². The fourth-order valence-corrected chi connectivity index (χ4v) is 2.67. The van der Waals surface area contributed by atoms with E-state index in [1.54, 1.807) is 18.2 Å². The standard InChI is InChI=1S/C11H9NO2S2/c13-16(14,11-6-2-1-3-7-11)12-9-10-5-4-8-15-10/h1-9H/b12-9-. The highest BCUT2D eigenvalue weighted by molar-refractivity contribution is 7.90. The number of rotatable bonds is 3. The summed E-state index contributed by atoms with van der Waals surface area (Å²) >= 11 is 1.45. The molecule has 0 unspecified atom stereocenters. The molecule has 0 radical (unpaired) electrons. The molecule has 0 spiro atoms. The van der Waals surface area contributed by atoms with Gasteiger partial charge < -0.3 is 0 Å². The SMILES string of the molecule is O=S(=O)(/N=C\c1cccs1)c1ccccc1. The predicted octanol–water partition coefficient (Wildman–Crippen LogP) is 2.56. The van der Waals surface area contributed by atoms with Crippen LogP contribution in [0.2, 0.25) is 0 Å². The molecule has 16 heavy (non-hydrogen) atoms. The third kappa shape index (κ3) is 2.56. The number of nitrogens with zero attached hydrogens (tertiary/aromatic N) is 1. The van der Waals surface area contributed by atoms with Gasteiger partial charge in [-0.3, -0.25) is 0 Å². The third-order valence-electron chi connectivity index (χ3n) is 1.90. The summed E-state index contributed by atoms with van der Waals surface area (Å²) in [6, 6.07) is 11.8. The molecule has 1 aromatic heterocycles. The van der Waals surface area contributed by atoms with Crippen LogP contribution in [0.1, 0.15) is 4.88 Å². The minimum absolute atomic E-state index is 0.211. The maximum atomic E-state index is 11.7. The highest BCUT2D eigenvalue weighted by Gasteiger charge is 2.09. The quantitative estimate of drug-likeness (QED) is 0.787. The number of thiophene rings is 1. The van der Waals surface area contributed by atoms with Gasteiger partial charge in [-0.05, 0) is 23.6 Å². The predicted molar refractivity (Wildman–Crippen MR) is 65.5 cm³/mol. The van der Waals surface area contributed by atoms with Crippen LogP contribution in [0.4, 0.5) is 0 Å². The van der Waals surface area contributed by atoms with Gasteiger partial charge in [-0.2, -0.15) is 12.8 Å². The molecule has 82 valence electrons. The summed E-state index contributed by atoms with van der Waals surface area (Å²) in [4.78, 5) is 1.03. The summed E-state index contributed by atoms with van der Waals surface area (Å²) in [5, 5.41) is 1.87. The first-order valence-electron chi connectivity index (χ1n) is 4.57. The maximum absolute atomic E-state index is 11.7. The molecule has 0 aliphatic heterocycles. The summed E-state index contributed by atoms with van der Waals surface area (Å²) < 4.78 is 27.1. The topological polar surface area (TPSA) is 46.5 Å². The van der Waals surface area contributed by atoms with E-state index in [-0.39, 0.29) is 4.90 Å². The van der Waals surface area contributed by atoms with Crippen molar-refractivity contribution in [2.24, 2.45) is 4.40 Å². The Morgan fingerprint density at radius 2 is 1.81 bits per heavy atom. The summed E-state index contributed by atoms with van der Waals surface area (Å²) in [5.74, 6) is 0. The van der Waals surface area contributed by atoms with Crippen molar-refractivity contribution in [1.29, 1.82) is 0 Å². The van der Waals surface area contributed by atoms with Gasteiger partial charge in [0.2, 0.25) is 0 Å². The van der Waals surface area contributed by atoms with Crippen LogP contribution < -0.4 is 0 Å².